The molecule has 0 aliphatic carbocycles. The minimum absolute atomic E-state index is 0.171. The van der Waals surface area contributed by atoms with Crippen molar-refractivity contribution >= 4 is 23.2 Å². The van der Waals surface area contributed by atoms with Crippen LogP contribution in [0.1, 0.15) is 26.4 Å². The molecule has 154 valence electrons. The van der Waals surface area contributed by atoms with Gasteiger partial charge in [-0.15, -0.1) is 11.3 Å². The fourth-order valence-electron chi connectivity index (χ4n) is 3.07. The number of nitrogens with zero attached hydrogens (tertiary/aromatic N) is 1. The number of thiazole rings is 1. The Kier molecular flexibility index (Phi) is 6.16. The molecule has 2 amide bonds. The van der Waals surface area contributed by atoms with Gasteiger partial charge in [-0.25, -0.2) is 10.5 Å². The maximum absolute atomic E-state index is 12.5. The molecule has 0 unspecified atom stereocenters. The normalized spacial score (nSPS) is 10.5. The Labute approximate surface area is 183 Å². The highest BCUT2D eigenvalue weighted by atomic mass is 32.1. The molecule has 7 heteroatoms. The molecule has 0 radical (unpaired) electrons. The second-order valence-electron chi connectivity index (χ2n) is 6.79. The summed E-state index contributed by atoms with van der Waals surface area (Å²) in [6, 6.07) is 24.0. The van der Waals surface area contributed by atoms with E-state index in [1.165, 1.54) is 0 Å². The molecule has 0 atom stereocenters. The van der Waals surface area contributed by atoms with Crippen molar-refractivity contribution in [3.05, 3.63) is 101 Å². The molecule has 4 rings (SSSR count). The van der Waals surface area contributed by atoms with Crippen molar-refractivity contribution in [2.24, 2.45) is 0 Å². The topological polar surface area (TPSA) is 91.3 Å². The number of carbonyl (C=O) groups is 2. The zero-order valence-corrected chi connectivity index (χ0v) is 17.2. The van der Waals surface area contributed by atoms with Crippen LogP contribution < -0.4 is 10.8 Å². The number of nitrogens with one attached hydrogen (secondary N) is 2. The van der Waals surface area contributed by atoms with E-state index in [4.69, 9.17) is 5.21 Å². The maximum atomic E-state index is 12.5. The molecule has 0 saturated carbocycles. The number of amides is 2. The van der Waals surface area contributed by atoms with E-state index in [0.717, 1.165) is 27.4 Å². The number of hydroxylamine groups is 1. The quantitative estimate of drug-likeness (QED) is 0.310. The number of aromatic nitrogens is 1. The van der Waals surface area contributed by atoms with Crippen LogP contribution in [0.5, 0.6) is 0 Å². The Hall–Kier alpha value is -3.81. The minimum Gasteiger partial charge on any atom is -0.346 e. The molecule has 0 aliphatic rings. The Bertz CT molecular complexity index is 1190. The number of hydrogen-bond acceptors (Lipinski definition) is 5. The Morgan fingerprint density at radius 3 is 1.94 bits per heavy atom. The highest BCUT2D eigenvalue weighted by Crippen LogP contribution is 2.23. The second-order valence-corrected chi connectivity index (χ2v) is 7.65. The van der Waals surface area contributed by atoms with Crippen molar-refractivity contribution in [2.75, 3.05) is 0 Å². The van der Waals surface area contributed by atoms with Crippen LogP contribution >= 0.6 is 11.3 Å². The summed E-state index contributed by atoms with van der Waals surface area (Å²) >= 11 is 1.55. The van der Waals surface area contributed by atoms with Gasteiger partial charge in [0.25, 0.3) is 11.8 Å². The van der Waals surface area contributed by atoms with E-state index in [9.17, 15) is 9.59 Å². The van der Waals surface area contributed by atoms with Gasteiger partial charge in [-0.1, -0.05) is 54.6 Å². The van der Waals surface area contributed by atoms with E-state index in [-0.39, 0.29) is 5.91 Å². The number of rotatable bonds is 6. The lowest BCUT2D eigenvalue weighted by Crippen LogP contribution is -2.22. The van der Waals surface area contributed by atoms with Crippen molar-refractivity contribution in [1.29, 1.82) is 0 Å². The molecule has 4 aromatic rings. The average Bonchev–Trinajstić information content (AvgIpc) is 3.32. The molecular weight excluding hydrogens is 410 g/mol. The van der Waals surface area contributed by atoms with Crippen molar-refractivity contribution in [3.8, 4) is 21.7 Å². The van der Waals surface area contributed by atoms with Crippen molar-refractivity contribution in [2.45, 2.75) is 6.54 Å². The molecule has 0 fully saturated rings. The summed E-state index contributed by atoms with van der Waals surface area (Å²) in [5.41, 5.74) is 6.22. The first-order chi connectivity index (χ1) is 15.1. The van der Waals surface area contributed by atoms with Gasteiger partial charge in [0.15, 0.2) is 0 Å². The van der Waals surface area contributed by atoms with Gasteiger partial charge in [0.1, 0.15) is 5.01 Å². The number of hydrogen-bond donors (Lipinski definition) is 3. The maximum Gasteiger partial charge on any atom is 0.274 e. The second kappa shape index (κ2) is 9.34. The van der Waals surface area contributed by atoms with Crippen LogP contribution in [0.4, 0.5) is 0 Å². The third kappa shape index (κ3) is 4.85. The third-order valence-electron chi connectivity index (χ3n) is 4.73. The molecule has 3 aromatic carbocycles. The molecule has 0 saturated heterocycles. The molecule has 1 aromatic heterocycles. The predicted molar refractivity (Wildman–Crippen MR) is 120 cm³/mol. The van der Waals surface area contributed by atoms with E-state index in [0.29, 0.717) is 17.7 Å². The van der Waals surface area contributed by atoms with Gasteiger partial charge in [-0.3, -0.25) is 14.8 Å². The smallest absolute Gasteiger partial charge is 0.274 e. The molecule has 1 heterocycles. The largest absolute Gasteiger partial charge is 0.346 e. The van der Waals surface area contributed by atoms with Crippen molar-refractivity contribution < 1.29 is 14.8 Å². The lowest BCUT2D eigenvalue weighted by molar-refractivity contribution is 0.0706. The standard InChI is InChI=1S/C24H19N3O3S/c28-22(25-14-21-15-31-24(26-21)20-4-2-1-3-5-20)18-10-6-16(7-11-18)17-8-12-19(13-9-17)23(29)27-30/h1-13,15,30H,14H2,(H,25,28)(H,27,29). The molecule has 3 N–H and O–H groups in total. The summed E-state index contributed by atoms with van der Waals surface area (Å²) < 4.78 is 0. The lowest BCUT2D eigenvalue weighted by atomic mass is 10.0. The minimum atomic E-state index is -0.561. The van der Waals surface area contributed by atoms with E-state index in [2.05, 4.69) is 10.3 Å². The van der Waals surface area contributed by atoms with Crippen molar-refractivity contribution in [1.82, 2.24) is 15.8 Å². The molecule has 6 nitrogen and oxygen atoms in total. The van der Waals surface area contributed by atoms with E-state index >= 15 is 0 Å². The summed E-state index contributed by atoms with van der Waals surface area (Å²) in [5, 5.41) is 14.5. The van der Waals surface area contributed by atoms with E-state index in [1.54, 1.807) is 53.2 Å². The zero-order valence-electron chi connectivity index (χ0n) is 16.4. The summed E-state index contributed by atoms with van der Waals surface area (Å²) in [6.07, 6.45) is 0. The van der Waals surface area contributed by atoms with Gasteiger partial charge in [-0.05, 0) is 35.4 Å². The summed E-state index contributed by atoms with van der Waals surface area (Å²) in [4.78, 5) is 28.5. The first kappa shape index (κ1) is 20.5. The molecule has 0 spiro atoms. The van der Waals surface area contributed by atoms with Crippen LogP contribution in [0.3, 0.4) is 0 Å². The van der Waals surface area contributed by atoms with Crippen LogP contribution in [0.2, 0.25) is 0 Å². The third-order valence-corrected chi connectivity index (χ3v) is 5.67. The Morgan fingerprint density at radius 1 is 0.774 bits per heavy atom. The molecule has 31 heavy (non-hydrogen) atoms. The Morgan fingerprint density at radius 2 is 1.35 bits per heavy atom. The van der Waals surface area contributed by atoms with Crippen LogP contribution in [0.25, 0.3) is 21.7 Å². The van der Waals surface area contributed by atoms with Gasteiger partial charge in [-0.2, -0.15) is 0 Å². The summed E-state index contributed by atoms with van der Waals surface area (Å²) in [7, 11) is 0. The van der Waals surface area contributed by atoms with Crippen LogP contribution in [0, 0.1) is 0 Å². The average molecular weight is 430 g/mol. The van der Waals surface area contributed by atoms with Crippen molar-refractivity contribution in [3.63, 3.8) is 0 Å². The van der Waals surface area contributed by atoms with E-state index in [1.807, 2.05) is 47.8 Å². The summed E-state index contributed by atoms with van der Waals surface area (Å²) in [6.45, 7) is 0.359. The fraction of sp³-hybridized carbons (Fsp3) is 0.0417. The van der Waals surface area contributed by atoms with Gasteiger partial charge >= 0.3 is 0 Å². The first-order valence-electron chi connectivity index (χ1n) is 9.57. The SMILES string of the molecule is O=C(NO)c1ccc(-c2ccc(C(=O)NCc3csc(-c4ccccc4)n3)cc2)cc1. The van der Waals surface area contributed by atoms with Gasteiger partial charge in [0.2, 0.25) is 0 Å². The van der Waals surface area contributed by atoms with E-state index < -0.39 is 5.91 Å². The number of benzene rings is 3. The molecule has 0 bridgehead atoms. The monoisotopic (exact) mass is 429 g/mol. The Balaban J connectivity index is 1.37. The lowest BCUT2D eigenvalue weighted by Gasteiger charge is -2.06. The zero-order chi connectivity index (χ0) is 21.6. The summed E-state index contributed by atoms with van der Waals surface area (Å²) in [5.74, 6) is -0.731. The van der Waals surface area contributed by atoms with Gasteiger partial charge in [0, 0.05) is 22.1 Å². The fourth-order valence-corrected chi connectivity index (χ4v) is 3.89. The van der Waals surface area contributed by atoms with Crippen LogP contribution in [-0.2, 0) is 6.54 Å². The first-order valence-corrected chi connectivity index (χ1v) is 10.4. The highest BCUT2D eigenvalue weighted by Gasteiger charge is 2.09. The van der Waals surface area contributed by atoms with Gasteiger partial charge in [0.05, 0.1) is 12.2 Å². The number of carbonyl (C=O) groups excluding carboxylic acids is 2. The highest BCUT2D eigenvalue weighted by molar-refractivity contribution is 7.13. The van der Waals surface area contributed by atoms with Crippen LogP contribution in [0.15, 0.2) is 84.2 Å². The van der Waals surface area contributed by atoms with Gasteiger partial charge < -0.3 is 5.32 Å². The predicted octanol–water partition coefficient (Wildman–Crippen LogP) is 4.53. The van der Waals surface area contributed by atoms with Crippen LogP contribution in [-0.4, -0.2) is 22.0 Å². The molecular formula is C24H19N3O3S. The molecule has 0 aliphatic heterocycles.